The normalized spacial score (nSPS) is 10.6. The number of para-hydroxylation sites is 1. The van der Waals surface area contributed by atoms with Gasteiger partial charge in [0, 0.05) is 29.8 Å². The van der Waals surface area contributed by atoms with Crippen LogP contribution >= 0.6 is 15.9 Å². The first-order valence-electron chi connectivity index (χ1n) is 6.47. The van der Waals surface area contributed by atoms with Crippen LogP contribution in [0.4, 0.5) is 15.9 Å². The molecule has 2 aromatic rings. The minimum atomic E-state index is -0.255. The van der Waals surface area contributed by atoms with Gasteiger partial charge in [0.05, 0.1) is 5.69 Å². The SMILES string of the molecule is CCNCc1cc(Br)cnc1N(C)c1ccccc1F. The third-order valence-electron chi connectivity index (χ3n) is 3.01. The molecule has 0 aliphatic heterocycles. The Morgan fingerprint density at radius 3 is 2.80 bits per heavy atom. The third-order valence-corrected chi connectivity index (χ3v) is 3.44. The lowest BCUT2D eigenvalue weighted by Crippen LogP contribution is -2.19. The van der Waals surface area contributed by atoms with Crippen molar-refractivity contribution in [2.45, 2.75) is 13.5 Å². The Kier molecular flexibility index (Phi) is 5.09. The molecule has 0 amide bonds. The van der Waals surface area contributed by atoms with Crippen molar-refractivity contribution in [3.05, 3.63) is 52.4 Å². The highest BCUT2D eigenvalue weighted by atomic mass is 79.9. The topological polar surface area (TPSA) is 28.2 Å². The summed E-state index contributed by atoms with van der Waals surface area (Å²) < 4.78 is 14.8. The number of halogens is 2. The smallest absolute Gasteiger partial charge is 0.146 e. The van der Waals surface area contributed by atoms with Gasteiger partial charge in [-0.3, -0.25) is 0 Å². The van der Waals surface area contributed by atoms with Crippen molar-refractivity contribution in [3.63, 3.8) is 0 Å². The molecule has 1 aromatic carbocycles. The molecule has 5 heteroatoms. The van der Waals surface area contributed by atoms with Gasteiger partial charge in [-0.1, -0.05) is 19.1 Å². The van der Waals surface area contributed by atoms with Gasteiger partial charge in [0.1, 0.15) is 11.6 Å². The second-order valence-corrected chi connectivity index (χ2v) is 5.34. The van der Waals surface area contributed by atoms with Crippen LogP contribution < -0.4 is 10.2 Å². The van der Waals surface area contributed by atoms with E-state index < -0.39 is 0 Å². The second kappa shape index (κ2) is 6.81. The lowest BCUT2D eigenvalue weighted by Gasteiger charge is -2.22. The summed E-state index contributed by atoms with van der Waals surface area (Å²) in [6.07, 6.45) is 1.72. The van der Waals surface area contributed by atoms with Crippen LogP contribution in [0.25, 0.3) is 0 Å². The lowest BCUT2D eigenvalue weighted by molar-refractivity contribution is 0.627. The predicted molar refractivity (Wildman–Crippen MR) is 83.8 cm³/mol. The van der Waals surface area contributed by atoms with Crippen LogP contribution in [-0.4, -0.2) is 18.6 Å². The van der Waals surface area contributed by atoms with Crippen molar-refractivity contribution in [2.24, 2.45) is 0 Å². The zero-order valence-electron chi connectivity index (χ0n) is 11.5. The van der Waals surface area contributed by atoms with E-state index in [1.807, 2.05) is 26.1 Å². The maximum atomic E-state index is 13.9. The molecule has 0 aliphatic rings. The molecule has 3 nitrogen and oxygen atoms in total. The minimum absolute atomic E-state index is 0.255. The Bertz CT molecular complexity index is 589. The number of anilines is 2. The molecule has 0 aliphatic carbocycles. The Labute approximate surface area is 127 Å². The van der Waals surface area contributed by atoms with E-state index in [4.69, 9.17) is 0 Å². The van der Waals surface area contributed by atoms with Gasteiger partial charge in [-0.05, 0) is 40.7 Å². The first-order valence-corrected chi connectivity index (χ1v) is 7.26. The number of rotatable bonds is 5. The summed E-state index contributed by atoms with van der Waals surface area (Å²) in [5.74, 6) is 0.494. The maximum Gasteiger partial charge on any atom is 0.146 e. The highest BCUT2D eigenvalue weighted by Gasteiger charge is 2.14. The predicted octanol–water partition coefficient (Wildman–Crippen LogP) is 3.86. The molecule has 0 saturated carbocycles. The molecule has 0 atom stereocenters. The molecule has 0 unspecified atom stereocenters. The van der Waals surface area contributed by atoms with E-state index in [1.54, 1.807) is 23.2 Å². The molecule has 106 valence electrons. The summed E-state index contributed by atoms with van der Waals surface area (Å²) in [6.45, 7) is 3.61. The molecular formula is C15H17BrFN3. The van der Waals surface area contributed by atoms with Gasteiger partial charge < -0.3 is 10.2 Å². The Balaban J connectivity index is 2.38. The fraction of sp³-hybridized carbons (Fsp3) is 0.267. The van der Waals surface area contributed by atoms with E-state index in [1.165, 1.54) is 6.07 Å². The highest BCUT2D eigenvalue weighted by molar-refractivity contribution is 9.10. The standard InChI is InChI=1S/C15H17BrFN3/c1-3-18-9-11-8-12(16)10-19-15(11)20(2)14-7-5-4-6-13(14)17/h4-8,10,18H,3,9H2,1-2H3. The number of benzene rings is 1. The zero-order valence-corrected chi connectivity index (χ0v) is 13.1. The van der Waals surface area contributed by atoms with Gasteiger partial charge in [0.2, 0.25) is 0 Å². The van der Waals surface area contributed by atoms with Crippen LogP contribution in [0.1, 0.15) is 12.5 Å². The van der Waals surface area contributed by atoms with Crippen molar-refractivity contribution < 1.29 is 4.39 Å². The van der Waals surface area contributed by atoms with Gasteiger partial charge >= 0.3 is 0 Å². The van der Waals surface area contributed by atoms with E-state index in [2.05, 4.69) is 26.2 Å². The Hall–Kier alpha value is -1.46. The Morgan fingerprint density at radius 1 is 1.35 bits per heavy atom. The van der Waals surface area contributed by atoms with Crippen molar-refractivity contribution in [1.29, 1.82) is 0 Å². The number of aromatic nitrogens is 1. The average Bonchev–Trinajstić information content (AvgIpc) is 2.45. The van der Waals surface area contributed by atoms with E-state index in [0.717, 1.165) is 22.4 Å². The van der Waals surface area contributed by atoms with E-state index in [-0.39, 0.29) is 5.82 Å². The fourth-order valence-electron chi connectivity index (χ4n) is 2.00. The Morgan fingerprint density at radius 2 is 2.10 bits per heavy atom. The third kappa shape index (κ3) is 3.35. The lowest BCUT2D eigenvalue weighted by atomic mass is 10.2. The van der Waals surface area contributed by atoms with Crippen molar-refractivity contribution in [1.82, 2.24) is 10.3 Å². The maximum absolute atomic E-state index is 13.9. The fourth-order valence-corrected chi connectivity index (χ4v) is 2.38. The quantitative estimate of drug-likeness (QED) is 0.897. The van der Waals surface area contributed by atoms with Gasteiger partial charge in [0.25, 0.3) is 0 Å². The minimum Gasteiger partial charge on any atom is -0.327 e. The summed E-state index contributed by atoms with van der Waals surface area (Å²) >= 11 is 3.43. The molecule has 1 N–H and O–H groups in total. The molecule has 0 spiro atoms. The number of pyridine rings is 1. The molecule has 1 aromatic heterocycles. The monoisotopic (exact) mass is 337 g/mol. The first-order chi connectivity index (χ1) is 9.63. The van der Waals surface area contributed by atoms with Crippen LogP contribution in [0, 0.1) is 5.82 Å². The summed E-state index contributed by atoms with van der Waals surface area (Å²) in [6, 6.07) is 8.70. The molecular weight excluding hydrogens is 321 g/mol. The van der Waals surface area contributed by atoms with Crippen molar-refractivity contribution >= 4 is 27.4 Å². The molecule has 2 rings (SSSR count). The van der Waals surface area contributed by atoms with E-state index in [0.29, 0.717) is 12.2 Å². The molecule has 0 radical (unpaired) electrons. The van der Waals surface area contributed by atoms with Crippen LogP contribution in [0.5, 0.6) is 0 Å². The summed E-state index contributed by atoms with van der Waals surface area (Å²) in [5, 5.41) is 3.27. The van der Waals surface area contributed by atoms with Gasteiger partial charge in [-0.2, -0.15) is 0 Å². The second-order valence-electron chi connectivity index (χ2n) is 4.43. The van der Waals surface area contributed by atoms with Gasteiger partial charge in [-0.25, -0.2) is 9.37 Å². The summed E-state index contributed by atoms with van der Waals surface area (Å²) in [5.41, 5.74) is 1.53. The summed E-state index contributed by atoms with van der Waals surface area (Å²) in [4.78, 5) is 6.19. The van der Waals surface area contributed by atoms with E-state index >= 15 is 0 Å². The van der Waals surface area contributed by atoms with Crippen LogP contribution in [-0.2, 0) is 6.54 Å². The number of hydrogen-bond donors (Lipinski definition) is 1. The number of nitrogens with zero attached hydrogens (tertiary/aromatic N) is 2. The van der Waals surface area contributed by atoms with Crippen LogP contribution in [0.15, 0.2) is 41.0 Å². The van der Waals surface area contributed by atoms with Gasteiger partial charge in [-0.15, -0.1) is 0 Å². The van der Waals surface area contributed by atoms with E-state index in [9.17, 15) is 4.39 Å². The largest absolute Gasteiger partial charge is 0.327 e. The molecule has 20 heavy (non-hydrogen) atoms. The van der Waals surface area contributed by atoms with Crippen LogP contribution in [0.3, 0.4) is 0 Å². The van der Waals surface area contributed by atoms with Crippen molar-refractivity contribution in [2.75, 3.05) is 18.5 Å². The molecule has 0 saturated heterocycles. The summed E-state index contributed by atoms with van der Waals surface area (Å²) in [7, 11) is 1.82. The molecule has 0 bridgehead atoms. The number of hydrogen-bond acceptors (Lipinski definition) is 3. The first kappa shape index (κ1) is 14.9. The van der Waals surface area contributed by atoms with Crippen LogP contribution in [0.2, 0.25) is 0 Å². The average molecular weight is 338 g/mol. The molecule has 0 fully saturated rings. The number of nitrogens with one attached hydrogen (secondary N) is 1. The van der Waals surface area contributed by atoms with Gasteiger partial charge in [0.15, 0.2) is 0 Å². The zero-order chi connectivity index (χ0) is 14.5. The van der Waals surface area contributed by atoms with Crippen molar-refractivity contribution in [3.8, 4) is 0 Å². The highest BCUT2D eigenvalue weighted by Crippen LogP contribution is 2.28. The molecule has 1 heterocycles.